The van der Waals surface area contributed by atoms with Gasteiger partial charge in [0, 0.05) is 38.9 Å². The van der Waals surface area contributed by atoms with E-state index in [1.807, 2.05) is 19.2 Å². The largest absolute Gasteiger partial charge is 0.356 e. The van der Waals surface area contributed by atoms with E-state index in [1.54, 1.807) is 6.20 Å². The maximum atomic E-state index is 6.24. The fraction of sp³-hybridized carbons (Fsp3) is 0.647. The quantitative estimate of drug-likeness (QED) is 0.294. The molecule has 1 atom stereocenters. The zero-order valence-corrected chi connectivity index (χ0v) is 17.3. The van der Waals surface area contributed by atoms with E-state index >= 15 is 0 Å². The molecule has 2 aliphatic rings. The Morgan fingerprint density at radius 3 is 2.96 bits per heavy atom. The molecule has 1 saturated carbocycles. The molecule has 0 bridgehead atoms. The summed E-state index contributed by atoms with van der Waals surface area (Å²) < 4.78 is 0. The molecule has 134 valence electrons. The summed E-state index contributed by atoms with van der Waals surface area (Å²) in [5.41, 5.74) is 0. The first kappa shape index (κ1) is 19.6. The zero-order chi connectivity index (χ0) is 16.1. The van der Waals surface area contributed by atoms with E-state index in [0.717, 1.165) is 48.8 Å². The lowest BCUT2D eigenvalue weighted by Crippen LogP contribution is -2.44. The standard InChI is InChI=1S/C17H26ClN5.HI/c1-19-17(21-10-2-4-13-6-7-13)22-14-8-11-23(12-14)16-15(18)5-3-9-20-16;/h3,5,9,13-14H,2,4,6-8,10-12H2,1H3,(H2,19,21,22);1H. The summed E-state index contributed by atoms with van der Waals surface area (Å²) in [5.74, 6) is 2.78. The van der Waals surface area contributed by atoms with E-state index in [-0.39, 0.29) is 24.0 Å². The summed E-state index contributed by atoms with van der Waals surface area (Å²) in [6.45, 7) is 2.87. The number of aromatic nitrogens is 1. The third kappa shape index (κ3) is 5.65. The van der Waals surface area contributed by atoms with E-state index in [9.17, 15) is 0 Å². The molecule has 24 heavy (non-hydrogen) atoms. The SMILES string of the molecule is CN=C(NCCCC1CC1)NC1CCN(c2ncccc2Cl)C1.I. The maximum absolute atomic E-state index is 6.24. The maximum Gasteiger partial charge on any atom is 0.191 e. The highest BCUT2D eigenvalue weighted by molar-refractivity contribution is 14.0. The Morgan fingerprint density at radius 2 is 2.25 bits per heavy atom. The van der Waals surface area contributed by atoms with Crippen LogP contribution < -0.4 is 15.5 Å². The fourth-order valence-corrected chi connectivity index (χ4v) is 3.31. The van der Waals surface area contributed by atoms with Crippen LogP contribution in [0.15, 0.2) is 23.3 Å². The van der Waals surface area contributed by atoms with Crippen LogP contribution in [0, 0.1) is 5.92 Å². The van der Waals surface area contributed by atoms with Crippen molar-refractivity contribution in [1.29, 1.82) is 0 Å². The third-order valence-electron chi connectivity index (χ3n) is 4.57. The molecule has 0 aromatic carbocycles. The number of guanidine groups is 1. The molecule has 5 nitrogen and oxygen atoms in total. The van der Waals surface area contributed by atoms with Gasteiger partial charge in [0.25, 0.3) is 0 Å². The molecular formula is C17H27ClIN5. The highest BCUT2D eigenvalue weighted by atomic mass is 127. The first-order chi connectivity index (χ1) is 11.3. The molecule has 0 radical (unpaired) electrons. The summed E-state index contributed by atoms with van der Waals surface area (Å²) in [6.07, 6.45) is 8.30. The van der Waals surface area contributed by atoms with Crippen molar-refractivity contribution >= 4 is 47.4 Å². The number of halogens is 2. The molecular weight excluding hydrogens is 437 g/mol. The summed E-state index contributed by atoms with van der Waals surface area (Å²) in [5, 5.41) is 7.66. The van der Waals surface area contributed by atoms with Crippen molar-refractivity contribution in [2.75, 3.05) is 31.6 Å². The minimum Gasteiger partial charge on any atom is -0.356 e. The molecule has 2 fully saturated rings. The molecule has 0 spiro atoms. The number of nitrogens with zero attached hydrogens (tertiary/aromatic N) is 3. The van der Waals surface area contributed by atoms with Crippen LogP contribution in [0.2, 0.25) is 5.02 Å². The van der Waals surface area contributed by atoms with Gasteiger partial charge in [0.05, 0.1) is 5.02 Å². The summed E-state index contributed by atoms with van der Waals surface area (Å²) >= 11 is 6.24. The fourth-order valence-electron chi connectivity index (χ4n) is 3.07. The van der Waals surface area contributed by atoms with Gasteiger partial charge in [-0.3, -0.25) is 4.99 Å². The van der Waals surface area contributed by atoms with Gasteiger partial charge in [-0.05, 0) is 37.3 Å². The van der Waals surface area contributed by atoms with Gasteiger partial charge in [0.2, 0.25) is 0 Å². The number of aliphatic imine (C=N–C) groups is 1. The summed E-state index contributed by atoms with van der Waals surface area (Å²) in [4.78, 5) is 11.0. The van der Waals surface area contributed by atoms with Gasteiger partial charge in [0.1, 0.15) is 5.82 Å². The highest BCUT2D eigenvalue weighted by Gasteiger charge is 2.25. The second kappa shape index (κ2) is 9.65. The van der Waals surface area contributed by atoms with E-state index in [2.05, 4.69) is 25.5 Å². The molecule has 1 unspecified atom stereocenters. The lowest BCUT2D eigenvalue weighted by atomic mass is 10.2. The first-order valence-corrected chi connectivity index (χ1v) is 8.96. The minimum absolute atomic E-state index is 0. The Labute approximate surface area is 166 Å². The first-order valence-electron chi connectivity index (χ1n) is 8.59. The normalized spacial score (nSPS) is 20.7. The number of hydrogen-bond donors (Lipinski definition) is 2. The minimum atomic E-state index is 0. The molecule has 2 heterocycles. The molecule has 0 amide bonds. The van der Waals surface area contributed by atoms with Crippen molar-refractivity contribution < 1.29 is 0 Å². The smallest absolute Gasteiger partial charge is 0.191 e. The Bertz CT molecular complexity index is 550. The zero-order valence-electron chi connectivity index (χ0n) is 14.2. The Kier molecular flexibility index (Phi) is 7.87. The van der Waals surface area contributed by atoms with E-state index in [0.29, 0.717) is 6.04 Å². The van der Waals surface area contributed by atoms with Crippen LogP contribution in [0.1, 0.15) is 32.1 Å². The Balaban J connectivity index is 0.00000208. The van der Waals surface area contributed by atoms with Crippen LogP contribution in [0.25, 0.3) is 0 Å². The van der Waals surface area contributed by atoms with E-state index < -0.39 is 0 Å². The van der Waals surface area contributed by atoms with Gasteiger partial charge in [-0.25, -0.2) is 4.98 Å². The van der Waals surface area contributed by atoms with Crippen molar-refractivity contribution in [3.8, 4) is 0 Å². The van der Waals surface area contributed by atoms with Gasteiger partial charge in [0.15, 0.2) is 5.96 Å². The number of nitrogens with one attached hydrogen (secondary N) is 2. The molecule has 7 heteroatoms. The Hall–Kier alpha value is -0.760. The van der Waals surface area contributed by atoms with Gasteiger partial charge in [-0.1, -0.05) is 24.4 Å². The second-order valence-corrected chi connectivity index (χ2v) is 6.88. The molecule has 1 aliphatic carbocycles. The van der Waals surface area contributed by atoms with Gasteiger partial charge in [-0.15, -0.1) is 24.0 Å². The van der Waals surface area contributed by atoms with Crippen LogP contribution >= 0.6 is 35.6 Å². The van der Waals surface area contributed by atoms with Crippen molar-refractivity contribution in [2.24, 2.45) is 10.9 Å². The average Bonchev–Trinajstić information content (AvgIpc) is 3.28. The predicted octanol–water partition coefficient (Wildman–Crippen LogP) is 3.29. The van der Waals surface area contributed by atoms with Crippen molar-refractivity contribution in [2.45, 2.75) is 38.1 Å². The van der Waals surface area contributed by atoms with Crippen molar-refractivity contribution in [3.05, 3.63) is 23.4 Å². The molecule has 1 aromatic rings. The molecule has 3 rings (SSSR count). The highest BCUT2D eigenvalue weighted by Crippen LogP contribution is 2.33. The third-order valence-corrected chi connectivity index (χ3v) is 4.86. The second-order valence-electron chi connectivity index (χ2n) is 6.47. The van der Waals surface area contributed by atoms with Gasteiger partial charge >= 0.3 is 0 Å². The van der Waals surface area contributed by atoms with Crippen molar-refractivity contribution in [3.63, 3.8) is 0 Å². The van der Waals surface area contributed by atoms with Crippen LogP contribution in [0.3, 0.4) is 0 Å². The van der Waals surface area contributed by atoms with Crippen LogP contribution in [0.4, 0.5) is 5.82 Å². The monoisotopic (exact) mass is 463 g/mol. The van der Waals surface area contributed by atoms with Gasteiger partial charge < -0.3 is 15.5 Å². The number of pyridine rings is 1. The van der Waals surface area contributed by atoms with Gasteiger partial charge in [-0.2, -0.15) is 0 Å². The number of hydrogen-bond acceptors (Lipinski definition) is 3. The lowest BCUT2D eigenvalue weighted by molar-refractivity contribution is 0.620. The lowest BCUT2D eigenvalue weighted by Gasteiger charge is -2.20. The Morgan fingerprint density at radius 1 is 1.42 bits per heavy atom. The average molecular weight is 464 g/mol. The van der Waals surface area contributed by atoms with Crippen LogP contribution in [0.5, 0.6) is 0 Å². The van der Waals surface area contributed by atoms with E-state index in [4.69, 9.17) is 11.6 Å². The molecule has 1 saturated heterocycles. The van der Waals surface area contributed by atoms with E-state index in [1.165, 1.54) is 25.7 Å². The van der Waals surface area contributed by atoms with Crippen LogP contribution in [-0.2, 0) is 0 Å². The number of anilines is 1. The van der Waals surface area contributed by atoms with Crippen molar-refractivity contribution in [1.82, 2.24) is 15.6 Å². The topological polar surface area (TPSA) is 52.6 Å². The predicted molar refractivity (Wildman–Crippen MR) is 112 cm³/mol. The molecule has 1 aliphatic heterocycles. The molecule has 2 N–H and O–H groups in total. The van der Waals surface area contributed by atoms with Crippen LogP contribution in [-0.4, -0.2) is 43.7 Å². The summed E-state index contributed by atoms with van der Waals surface area (Å²) in [7, 11) is 1.83. The number of rotatable bonds is 6. The summed E-state index contributed by atoms with van der Waals surface area (Å²) in [6, 6.07) is 4.14. The molecule has 1 aromatic heterocycles.